The molecule has 0 spiro atoms. The van der Waals surface area contributed by atoms with Gasteiger partial charge in [-0.05, 0) is 37.8 Å². The molecule has 1 amide bonds. The summed E-state index contributed by atoms with van der Waals surface area (Å²) in [5, 5.41) is 15.0. The monoisotopic (exact) mass is 713 g/mol. The minimum atomic E-state index is -0.924. The summed E-state index contributed by atoms with van der Waals surface area (Å²) in [7, 11) is 1.74. The Balaban J connectivity index is -0.0000000819. The molecule has 3 atom stereocenters. The Labute approximate surface area is 277 Å². The van der Waals surface area contributed by atoms with Crippen LogP contribution in [0.15, 0.2) is 30.3 Å². The van der Waals surface area contributed by atoms with Gasteiger partial charge in [-0.2, -0.15) is 0 Å². The van der Waals surface area contributed by atoms with Crippen molar-refractivity contribution in [2.75, 3.05) is 20.2 Å². The van der Waals surface area contributed by atoms with Gasteiger partial charge in [-0.15, -0.1) is 0 Å². The quantitative estimate of drug-likeness (QED) is 0.105. The van der Waals surface area contributed by atoms with E-state index in [-0.39, 0.29) is 82.3 Å². The molecule has 17 heteroatoms. The molecular formula is C30H63F8N3O6. The van der Waals surface area contributed by atoms with Crippen molar-refractivity contribution in [1.29, 1.82) is 0 Å². The Hall–Kier alpha value is -3.18. The normalized spacial score (nSPS) is 9.83. The van der Waals surface area contributed by atoms with E-state index in [1.165, 1.54) is 0 Å². The lowest BCUT2D eigenvalue weighted by Gasteiger charge is -2.25. The Morgan fingerprint density at radius 3 is 1.68 bits per heavy atom. The van der Waals surface area contributed by atoms with Crippen LogP contribution in [0.1, 0.15) is 89.7 Å². The second-order valence-corrected chi connectivity index (χ2v) is 8.15. The van der Waals surface area contributed by atoms with Crippen LogP contribution in [0.2, 0.25) is 0 Å². The number of ether oxygens (including phenoxy) is 1. The standard InChI is InChI=1S/C23H37N3O5.CH2O.6CH4.4F2/c1-16(2)13-20(22(29)18(11-12-27)14-25-3)26-23(30)19(24)9-10-21(28)31-15-17-7-5-4-6-8-17;1-2;;;;;;;4*1-2/h4-8,16,18-20,25,27H,9-15,24H2,1-3H3,(H,26,30);1H2;6*1H4;;;;. The molecule has 0 aromatic heterocycles. The summed E-state index contributed by atoms with van der Waals surface area (Å²) in [4.78, 5) is 45.4. The summed E-state index contributed by atoms with van der Waals surface area (Å²) in [6.45, 7) is 6.42. The summed E-state index contributed by atoms with van der Waals surface area (Å²) in [6.07, 6.45) is 0.932. The first-order valence-electron chi connectivity index (χ1n) is 11.7. The van der Waals surface area contributed by atoms with E-state index in [1.807, 2.05) is 51.0 Å². The predicted octanol–water partition coefficient (Wildman–Crippen LogP) is 8.15. The lowest BCUT2D eigenvalue weighted by molar-refractivity contribution is -0.145. The third-order valence-corrected chi connectivity index (χ3v) is 4.94. The summed E-state index contributed by atoms with van der Waals surface area (Å²) in [6, 6.07) is 7.71. The third kappa shape index (κ3) is 42.8. The number of carbonyl (C=O) groups excluding carboxylic acids is 4. The molecule has 1 aromatic rings. The molecule has 9 nitrogen and oxygen atoms in total. The first kappa shape index (κ1) is 74.6. The zero-order valence-electron chi connectivity index (χ0n) is 22.9. The van der Waals surface area contributed by atoms with Crippen LogP contribution in [0.25, 0.3) is 0 Å². The smallest absolute Gasteiger partial charge is 0.306 e. The summed E-state index contributed by atoms with van der Waals surface area (Å²) in [5.74, 6) is -1.24. The maximum Gasteiger partial charge on any atom is 0.306 e. The van der Waals surface area contributed by atoms with Crippen molar-refractivity contribution in [2.45, 2.75) is 103 Å². The average molecular weight is 714 g/mol. The van der Waals surface area contributed by atoms with E-state index >= 15 is 0 Å². The molecule has 47 heavy (non-hydrogen) atoms. The third-order valence-electron chi connectivity index (χ3n) is 4.94. The van der Waals surface area contributed by atoms with Crippen LogP contribution >= 0.6 is 0 Å². The SMILES string of the molecule is C.C.C.C.C.C.C=O.CNCC(CCO)C(=O)C(CC(C)C)NC(=O)C(N)CCC(=O)OCc1ccccc1.FF.FF.FF.FF. The van der Waals surface area contributed by atoms with Gasteiger partial charge in [0.25, 0.3) is 0 Å². The van der Waals surface area contributed by atoms with Crippen molar-refractivity contribution in [3.8, 4) is 0 Å². The molecule has 0 saturated heterocycles. The van der Waals surface area contributed by atoms with Gasteiger partial charge >= 0.3 is 5.97 Å². The fourth-order valence-electron chi connectivity index (χ4n) is 3.24. The minimum absolute atomic E-state index is 0. The predicted molar refractivity (Wildman–Crippen MR) is 175 cm³/mol. The second kappa shape index (κ2) is 58.4. The number of aliphatic hydroxyl groups excluding tert-OH is 1. The molecule has 5 N–H and O–H groups in total. The van der Waals surface area contributed by atoms with E-state index in [4.69, 9.17) is 51.9 Å². The molecule has 0 bridgehead atoms. The molecule has 1 aromatic carbocycles. The first-order chi connectivity index (χ1) is 19.8. The highest BCUT2D eigenvalue weighted by molar-refractivity contribution is 5.92. The number of amides is 1. The molecule has 0 fully saturated rings. The van der Waals surface area contributed by atoms with Crippen molar-refractivity contribution < 1.29 is 65.6 Å². The van der Waals surface area contributed by atoms with Crippen molar-refractivity contribution in [1.82, 2.24) is 10.6 Å². The highest BCUT2D eigenvalue weighted by Crippen LogP contribution is 2.14. The first-order valence-corrected chi connectivity index (χ1v) is 11.7. The van der Waals surface area contributed by atoms with E-state index in [1.54, 1.807) is 7.05 Å². The fraction of sp³-hybridized carbons (Fsp3) is 0.667. The van der Waals surface area contributed by atoms with Crippen LogP contribution in [-0.4, -0.2) is 61.8 Å². The van der Waals surface area contributed by atoms with E-state index in [0.717, 1.165) is 5.56 Å². The van der Waals surface area contributed by atoms with E-state index in [0.29, 0.717) is 19.4 Å². The van der Waals surface area contributed by atoms with Gasteiger partial charge in [0, 0.05) is 62.1 Å². The number of esters is 1. The highest BCUT2D eigenvalue weighted by atomic mass is 20.0. The van der Waals surface area contributed by atoms with Gasteiger partial charge in [-0.1, -0.05) is 88.7 Å². The largest absolute Gasteiger partial charge is 0.461 e. The average Bonchev–Trinajstić information content (AvgIpc) is 3.03. The maximum atomic E-state index is 12.9. The number of nitrogens with two attached hydrogens (primary N) is 1. The molecule has 0 aliphatic rings. The molecule has 0 aliphatic carbocycles. The van der Waals surface area contributed by atoms with Gasteiger partial charge in [0.2, 0.25) is 5.91 Å². The Kier molecular flexibility index (Phi) is 92.6. The lowest BCUT2D eigenvalue weighted by Crippen LogP contribution is -2.51. The molecule has 1 rings (SSSR count). The van der Waals surface area contributed by atoms with Crippen LogP contribution < -0.4 is 16.4 Å². The number of nitrogens with one attached hydrogen (secondary N) is 2. The van der Waals surface area contributed by atoms with Gasteiger partial charge in [0.15, 0.2) is 5.78 Å². The van der Waals surface area contributed by atoms with Gasteiger partial charge in [-0.25, -0.2) is 0 Å². The lowest BCUT2D eigenvalue weighted by atomic mass is 9.90. The number of benzene rings is 1. The van der Waals surface area contributed by atoms with Gasteiger partial charge in [-0.3, -0.25) is 14.4 Å². The van der Waals surface area contributed by atoms with Crippen molar-refractivity contribution in [2.24, 2.45) is 17.6 Å². The number of Topliss-reactive ketones (excluding diaryl/α,β-unsaturated/α-hetero) is 1. The molecular weight excluding hydrogens is 650 g/mol. The zero-order valence-corrected chi connectivity index (χ0v) is 22.9. The molecule has 3 unspecified atom stereocenters. The Morgan fingerprint density at radius 1 is 0.851 bits per heavy atom. The fourth-order valence-corrected chi connectivity index (χ4v) is 3.24. The van der Waals surface area contributed by atoms with Crippen molar-refractivity contribution in [3.63, 3.8) is 0 Å². The number of halogens is 8. The van der Waals surface area contributed by atoms with Crippen LogP contribution in [0.4, 0.5) is 36.6 Å². The van der Waals surface area contributed by atoms with E-state index in [2.05, 4.69) is 10.6 Å². The molecule has 0 aliphatic heterocycles. The molecule has 0 heterocycles. The van der Waals surface area contributed by atoms with Gasteiger partial charge in [0.1, 0.15) is 13.4 Å². The van der Waals surface area contributed by atoms with E-state index in [9.17, 15) is 19.5 Å². The molecule has 0 saturated carbocycles. The Morgan fingerprint density at radius 2 is 1.30 bits per heavy atom. The second-order valence-electron chi connectivity index (χ2n) is 8.15. The molecule has 290 valence electrons. The summed E-state index contributed by atoms with van der Waals surface area (Å²) in [5.41, 5.74) is 6.84. The van der Waals surface area contributed by atoms with Crippen LogP contribution in [-0.2, 0) is 30.5 Å². The number of aliphatic hydroxyl groups is 1. The highest BCUT2D eigenvalue weighted by Gasteiger charge is 2.29. The maximum absolute atomic E-state index is 12.9. The zero-order chi connectivity index (χ0) is 33.2. The number of rotatable bonds is 15. The van der Waals surface area contributed by atoms with Crippen LogP contribution in [0.5, 0.6) is 0 Å². The Bertz CT molecular complexity index is 726. The van der Waals surface area contributed by atoms with Crippen molar-refractivity contribution in [3.05, 3.63) is 35.9 Å². The number of hydrogen-bond donors (Lipinski definition) is 4. The van der Waals surface area contributed by atoms with E-state index < -0.39 is 29.9 Å². The number of ketones is 1. The summed E-state index contributed by atoms with van der Waals surface area (Å²) >= 11 is 0. The van der Waals surface area contributed by atoms with Gasteiger partial charge < -0.3 is 31.0 Å². The van der Waals surface area contributed by atoms with Gasteiger partial charge in [0.05, 0.1) is 12.1 Å². The summed E-state index contributed by atoms with van der Waals surface area (Å²) < 4.78 is 69.2. The number of carbonyl (C=O) groups is 4. The van der Waals surface area contributed by atoms with Crippen molar-refractivity contribution >= 4 is 24.4 Å². The topological polar surface area (TPSA) is 148 Å². The van der Waals surface area contributed by atoms with Crippen LogP contribution in [0.3, 0.4) is 0 Å². The molecule has 0 radical (unpaired) electrons. The minimum Gasteiger partial charge on any atom is -0.461 e. The van der Waals surface area contributed by atoms with Crippen LogP contribution in [0, 0.1) is 11.8 Å². The number of hydrogen-bond acceptors (Lipinski definition) is 8.